The van der Waals surface area contributed by atoms with Crippen LogP contribution in [-0.4, -0.2) is 23.4 Å². The number of carbonyl (C=O) groups is 2. The van der Waals surface area contributed by atoms with Gasteiger partial charge >= 0.3 is 18.3 Å². The van der Waals surface area contributed by atoms with Gasteiger partial charge in [0.15, 0.2) is 0 Å². The molecule has 0 fully saturated rings. The van der Waals surface area contributed by atoms with Crippen LogP contribution in [0.4, 0.5) is 32.0 Å². The first kappa shape index (κ1) is 23.0. The van der Waals surface area contributed by atoms with Gasteiger partial charge in [0.05, 0.1) is 23.2 Å². The van der Waals surface area contributed by atoms with Crippen LogP contribution in [0.5, 0.6) is 0 Å². The summed E-state index contributed by atoms with van der Waals surface area (Å²) < 4.78 is 77.9. The predicted molar refractivity (Wildman–Crippen MR) is 96.9 cm³/mol. The number of nitrogens with zero attached hydrogens (tertiary/aromatic N) is 1. The third-order valence-electron chi connectivity index (χ3n) is 3.92. The first-order chi connectivity index (χ1) is 13.8. The lowest BCUT2D eigenvalue weighted by atomic mass is 10.0. The molecular formula is C20H15F6NO3. The zero-order chi connectivity index (χ0) is 22.7. The average molecular weight is 431 g/mol. The maximum Gasteiger partial charge on any atom is 0.417 e. The molecular weight excluding hydrogens is 416 g/mol. The summed E-state index contributed by atoms with van der Waals surface area (Å²) in [5, 5.41) is 9.08. The molecule has 0 saturated carbocycles. The van der Waals surface area contributed by atoms with E-state index in [1.165, 1.54) is 42.3 Å². The zero-order valence-electron chi connectivity index (χ0n) is 15.4. The van der Waals surface area contributed by atoms with Crippen LogP contribution >= 0.6 is 0 Å². The molecule has 0 aromatic heterocycles. The highest BCUT2D eigenvalue weighted by Gasteiger charge is 2.42. The Labute approximate surface area is 167 Å². The minimum atomic E-state index is -5.22. The summed E-state index contributed by atoms with van der Waals surface area (Å²) in [5.74, 6) is -1.55. The fraction of sp³-hybridized carbons (Fsp3) is 0.200. The van der Waals surface area contributed by atoms with Crippen molar-refractivity contribution in [1.82, 2.24) is 0 Å². The number of benzene rings is 2. The number of anilines is 1. The van der Waals surface area contributed by atoms with Gasteiger partial charge in [0.1, 0.15) is 5.78 Å². The Bertz CT molecular complexity index is 979. The Morgan fingerprint density at radius 2 is 1.60 bits per heavy atom. The molecule has 2 aromatic carbocycles. The molecule has 1 N–H and O–H groups in total. The molecule has 2 rings (SSSR count). The summed E-state index contributed by atoms with van der Waals surface area (Å²) in [6.45, 7) is 1.02. The standard InChI is InChI=1S/C20H15F6NO3/c1-12(28)11-27(15-4-2-3-14(10-15)18(29)30)8-7-13-5-6-16(19(21,22)23)17(9-13)20(24,25)26/h2-10H,11H2,1H3,(H,29,30). The maximum atomic E-state index is 13.1. The molecule has 0 radical (unpaired) electrons. The number of Topliss-reactive ketones (excluding diaryl/α,β-unsaturated/α-hetero) is 1. The summed E-state index contributed by atoms with van der Waals surface area (Å²) in [6, 6.07) is 7.03. The highest BCUT2D eigenvalue weighted by Crippen LogP contribution is 2.40. The second-order valence-corrected chi connectivity index (χ2v) is 6.30. The molecule has 0 saturated heterocycles. The van der Waals surface area contributed by atoms with E-state index in [0.29, 0.717) is 12.1 Å². The van der Waals surface area contributed by atoms with Gasteiger partial charge in [-0.05, 0) is 48.9 Å². The second-order valence-electron chi connectivity index (χ2n) is 6.30. The molecule has 30 heavy (non-hydrogen) atoms. The number of hydrogen-bond donors (Lipinski definition) is 1. The van der Waals surface area contributed by atoms with E-state index in [9.17, 15) is 35.9 Å². The van der Waals surface area contributed by atoms with E-state index in [1.54, 1.807) is 0 Å². The smallest absolute Gasteiger partial charge is 0.417 e. The normalized spacial score (nSPS) is 12.2. The van der Waals surface area contributed by atoms with Gasteiger partial charge in [0, 0.05) is 11.9 Å². The highest BCUT2D eigenvalue weighted by atomic mass is 19.4. The molecule has 2 aromatic rings. The van der Waals surface area contributed by atoms with Gasteiger partial charge in [0.25, 0.3) is 0 Å². The molecule has 0 bridgehead atoms. The summed E-state index contributed by atoms with van der Waals surface area (Å²) >= 11 is 0. The Morgan fingerprint density at radius 3 is 2.13 bits per heavy atom. The minimum absolute atomic E-state index is 0.0802. The van der Waals surface area contributed by atoms with E-state index in [2.05, 4.69) is 0 Å². The molecule has 4 nitrogen and oxygen atoms in total. The average Bonchev–Trinajstić information content (AvgIpc) is 2.63. The third kappa shape index (κ3) is 5.85. The van der Waals surface area contributed by atoms with Crippen molar-refractivity contribution < 1.29 is 41.0 Å². The number of ketones is 1. The number of carbonyl (C=O) groups excluding carboxylic acids is 1. The molecule has 0 spiro atoms. The van der Waals surface area contributed by atoms with Gasteiger partial charge in [-0.1, -0.05) is 12.1 Å². The number of carboxylic acid groups (broad SMARTS) is 1. The Balaban J connectivity index is 2.46. The van der Waals surface area contributed by atoms with Crippen LogP contribution in [0.2, 0.25) is 0 Å². The Kier molecular flexibility index (Phi) is 6.59. The van der Waals surface area contributed by atoms with Crippen molar-refractivity contribution in [2.45, 2.75) is 19.3 Å². The molecule has 0 aliphatic carbocycles. The van der Waals surface area contributed by atoms with Gasteiger partial charge in [-0.25, -0.2) is 4.79 Å². The van der Waals surface area contributed by atoms with Gasteiger partial charge in [-0.2, -0.15) is 26.3 Å². The molecule has 0 unspecified atom stereocenters. The fourth-order valence-corrected chi connectivity index (χ4v) is 2.61. The Morgan fingerprint density at radius 1 is 0.967 bits per heavy atom. The van der Waals surface area contributed by atoms with Crippen LogP contribution in [-0.2, 0) is 17.1 Å². The van der Waals surface area contributed by atoms with Crippen molar-refractivity contribution in [3.63, 3.8) is 0 Å². The summed E-state index contributed by atoms with van der Waals surface area (Å²) in [5.41, 5.74) is -3.63. The van der Waals surface area contributed by atoms with E-state index in [1.807, 2.05) is 0 Å². The van der Waals surface area contributed by atoms with Crippen molar-refractivity contribution in [2.24, 2.45) is 0 Å². The van der Waals surface area contributed by atoms with Gasteiger partial charge in [0.2, 0.25) is 0 Å². The zero-order valence-corrected chi connectivity index (χ0v) is 15.4. The summed E-state index contributed by atoms with van der Waals surface area (Å²) in [6.07, 6.45) is -8.09. The first-order valence-corrected chi connectivity index (χ1v) is 8.35. The van der Waals surface area contributed by atoms with Crippen LogP contribution in [0.1, 0.15) is 34.0 Å². The number of alkyl halides is 6. The van der Waals surface area contributed by atoms with Crippen molar-refractivity contribution >= 4 is 23.5 Å². The van der Waals surface area contributed by atoms with Gasteiger partial charge in [-0.15, -0.1) is 0 Å². The molecule has 0 atom stereocenters. The van der Waals surface area contributed by atoms with Crippen LogP contribution in [0, 0.1) is 0 Å². The fourth-order valence-electron chi connectivity index (χ4n) is 2.61. The van der Waals surface area contributed by atoms with Crippen LogP contribution < -0.4 is 4.90 Å². The minimum Gasteiger partial charge on any atom is -0.478 e. The Hall–Kier alpha value is -3.30. The lowest BCUT2D eigenvalue weighted by Crippen LogP contribution is -2.23. The van der Waals surface area contributed by atoms with Crippen LogP contribution in [0.3, 0.4) is 0 Å². The van der Waals surface area contributed by atoms with Crippen LogP contribution in [0.25, 0.3) is 6.08 Å². The predicted octanol–water partition coefficient (Wildman–Crippen LogP) is 5.49. The lowest BCUT2D eigenvalue weighted by molar-refractivity contribution is -0.162. The van der Waals surface area contributed by atoms with E-state index in [0.717, 1.165) is 12.1 Å². The summed E-state index contributed by atoms with van der Waals surface area (Å²) in [7, 11) is 0. The molecule has 0 heterocycles. The molecule has 160 valence electrons. The number of carboxylic acids is 1. The van der Waals surface area contributed by atoms with Gasteiger partial charge in [-0.3, -0.25) is 4.79 Å². The maximum absolute atomic E-state index is 13.1. The van der Waals surface area contributed by atoms with Crippen molar-refractivity contribution in [3.8, 4) is 0 Å². The van der Waals surface area contributed by atoms with E-state index in [-0.39, 0.29) is 29.1 Å². The largest absolute Gasteiger partial charge is 0.478 e. The first-order valence-electron chi connectivity index (χ1n) is 8.35. The quantitative estimate of drug-likeness (QED) is 0.615. The topological polar surface area (TPSA) is 57.6 Å². The van der Waals surface area contributed by atoms with Crippen LogP contribution in [0.15, 0.2) is 48.7 Å². The second kappa shape index (κ2) is 8.60. The molecule has 0 aliphatic heterocycles. The number of rotatable bonds is 6. The van der Waals surface area contributed by atoms with Crippen molar-refractivity contribution in [2.75, 3.05) is 11.4 Å². The van der Waals surface area contributed by atoms with Crippen molar-refractivity contribution in [1.29, 1.82) is 0 Å². The lowest BCUT2D eigenvalue weighted by Gasteiger charge is -2.20. The van der Waals surface area contributed by atoms with E-state index < -0.39 is 29.4 Å². The molecule has 10 heteroatoms. The number of hydrogen-bond acceptors (Lipinski definition) is 3. The molecule has 0 aliphatic rings. The van der Waals surface area contributed by atoms with Crippen molar-refractivity contribution in [3.05, 3.63) is 70.9 Å². The van der Waals surface area contributed by atoms with Gasteiger partial charge < -0.3 is 10.0 Å². The monoisotopic (exact) mass is 431 g/mol. The highest BCUT2D eigenvalue weighted by molar-refractivity contribution is 5.89. The third-order valence-corrected chi connectivity index (χ3v) is 3.92. The summed E-state index contributed by atoms with van der Waals surface area (Å²) in [4.78, 5) is 23.9. The van der Waals surface area contributed by atoms with E-state index >= 15 is 0 Å². The number of halogens is 6. The number of aromatic carboxylic acids is 1. The SMILES string of the molecule is CC(=O)CN(C=Cc1ccc(C(F)(F)F)c(C(F)(F)F)c1)c1cccc(C(=O)O)c1. The molecule has 0 amide bonds. The van der Waals surface area contributed by atoms with E-state index in [4.69, 9.17) is 5.11 Å².